The second-order valence-corrected chi connectivity index (χ2v) is 8.94. The van der Waals surface area contributed by atoms with Gasteiger partial charge in [-0.1, -0.05) is 69.3 Å². The van der Waals surface area contributed by atoms with Crippen molar-refractivity contribution in [2.24, 2.45) is 5.73 Å². The van der Waals surface area contributed by atoms with Crippen LogP contribution in [-0.2, 0) is 11.8 Å². The van der Waals surface area contributed by atoms with E-state index in [0.717, 1.165) is 29.8 Å². The summed E-state index contributed by atoms with van der Waals surface area (Å²) in [6.45, 7) is 6.36. The zero-order chi connectivity index (χ0) is 20.9. The lowest BCUT2D eigenvalue weighted by atomic mass is 9.86. The van der Waals surface area contributed by atoms with E-state index in [4.69, 9.17) is 5.73 Å². The molecule has 0 aliphatic heterocycles. The normalized spacial score (nSPS) is 12.4. The van der Waals surface area contributed by atoms with Gasteiger partial charge in [-0.25, -0.2) is 9.78 Å². The number of hydrogen-bond acceptors (Lipinski definition) is 4. The van der Waals surface area contributed by atoms with Crippen LogP contribution in [0.5, 0.6) is 0 Å². The number of nitrogens with two attached hydrogens (primary N) is 1. The van der Waals surface area contributed by atoms with Gasteiger partial charge in [0.05, 0.1) is 5.69 Å². The number of carbonyl (C=O) groups excluding carboxylic acids is 1. The molecule has 2 aromatic carbocycles. The molecule has 0 fully saturated rings. The Morgan fingerprint density at radius 2 is 1.76 bits per heavy atom. The zero-order valence-corrected chi connectivity index (χ0v) is 17.9. The quantitative estimate of drug-likeness (QED) is 0.488. The van der Waals surface area contributed by atoms with Crippen LogP contribution in [0.4, 0.5) is 15.6 Å². The third-order valence-electron chi connectivity index (χ3n) is 4.69. The summed E-state index contributed by atoms with van der Waals surface area (Å²) >= 11 is 1.39. The fourth-order valence-electron chi connectivity index (χ4n) is 3.13. The highest BCUT2D eigenvalue weighted by Crippen LogP contribution is 2.29. The highest BCUT2D eigenvalue weighted by molar-refractivity contribution is 7.13. The summed E-state index contributed by atoms with van der Waals surface area (Å²) in [5, 5.41) is 8.21. The van der Waals surface area contributed by atoms with Crippen LogP contribution in [0.1, 0.15) is 50.1 Å². The van der Waals surface area contributed by atoms with Gasteiger partial charge in [-0.15, -0.1) is 11.3 Å². The lowest BCUT2D eigenvalue weighted by molar-refractivity contribution is 0.262. The van der Waals surface area contributed by atoms with E-state index in [-0.39, 0.29) is 17.5 Å². The topological polar surface area (TPSA) is 80.0 Å². The van der Waals surface area contributed by atoms with Crippen molar-refractivity contribution >= 4 is 28.2 Å². The van der Waals surface area contributed by atoms with E-state index in [1.165, 1.54) is 16.9 Å². The van der Waals surface area contributed by atoms with Crippen molar-refractivity contribution in [2.45, 2.75) is 45.1 Å². The van der Waals surface area contributed by atoms with Crippen molar-refractivity contribution in [1.82, 2.24) is 4.98 Å². The molecule has 3 rings (SSSR count). The largest absolute Gasteiger partial charge is 0.325 e. The van der Waals surface area contributed by atoms with E-state index in [1.54, 1.807) is 0 Å². The second kappa shape index (κ2) is 9.20. The second-order valence-electron chi connectivity index (χ2n) is 8.08. The third kappa shape index (κ3) is 5.89. The van der Waals surface area contributed by atoms with Crippen LogP contribution >= 0.6 is 11.3 Å². The Balaban J connectivity index is 1.58. The number of aryl methyl sites for hydroxylation is 1. The summed E-state index contributed by atoms with van der Waals surface area (Å²) in [4.78, 5) is 17.0. The molecule has 0 saturated carbocycles. The number of hydrogen-bond donors (Lipinski definition) is 3. The molecule has 0 saturated heterocycles. The first kappa shape index (κ1) is 21.0. The predicted octanol–water partition coefficient (Wildman–Crippen LogP) is 5.72. The maximum atomic E-state index is 12.5. The number of nitrogens with one attached hydrogen (secondary N) is 2. The molecule has 0 bridgehead atoms. The molecule has 3 aromatic rings. The van der Waals surface area contributed by atoms with Gasteiger partial charge in [0.15, 0.2) is 5.13 Å². The van der Waals surface area contributed by atoms with Crippen molar-refractivity contribution in [3.05, 3.63) is 76.8 Å². The maximum Gasteiger partial charge on any atom is 0.325 e. The van der Waals surface area contributed by atoms with Crippen LogP contribution in [0.15, 0.2) is 60.0 Å². The van der Waals surface area contributed by atoms with E-state index in [1.807, 2.05) is 47.8 Å². The first-order valence-corrected chi connectivity index (χ1v) is 10.6. The maximum absolute atomic E-state index is 12.5. The Labute approximate surface area is 176 Å². The standard InChI is InChI=1S/C23H28N4OS/c1-23(2,3)17-11-7-8-12-19(17)25-21(28)27-22-26-20(15-29-22)18(24)14-13-16-9-5-4-6-10-16/h4-12,15,18H,13-14,24H2,1-3H3,(H2,25,26,27,28). The SMILES string of the molecule is CC(C)(C)c1ccccc1NC(=O)Nc1nc(C(N)CCc2ccccc2)cs1. The average Bonchev–Trinajstić information content (AvgIpc) is 3.15. The molecule has 1 aromatic heterocycles. The summed E-state index contributed by atoms with van der Waals surface area (Å²) < 4.78 is 0. The number of nitrogens with zero attached hydrogens (tertiary/aromatic N) is 1. The number of aromatic nitrogens is 1. The fraction of sp³-hybridized carbons (Fsp3) is 0.304. The van der Waals surface area contributed by atoms with Crippen LogP contribution in [0.25, 0.3) is 0 Å². The Bertz CT molecular complexity index is 947. The molecule has 29 heavy (non-hydrogen) atoms. The number of carbonyl (C=O) groups is 1. The van der Waals surface area contributed by atoms with Gasteiger partial charge >= 0.3 is 6.03 Å². The van der Waals surface area contributed by atoms with Gasteiger partial charge in [0.2, 0.25) is 0 Å². The Kier molecular flexibility index (Phi) is 6.67. The molecule has 0 aliphatic carbocycles. The summed E-state index contributed by atoms with van der Waals surface area (Å²) in [6.07, 6.45) is 1.70. The van der Waals surface area contributed by atoms with Gasteiger partial charge in [-0.3, -0.25) is 5.32 Å². The number of rotatable bonds is 6. The van der Waals surface area contributed by atoms with Crippen LogP contribution in [0.3, 0.4) is 0 Å². The fourth-order valence-corrected chi connectivity index (χ4v) is 3.90. The van der Waals surface area contributed by atoms with Gasteiger partial charge in [0.25, 0.3) is 0 Å². The Hall–Kier alpha value is -2.70. The van der Waals surface area contributed by atoms with E-state index in [9.17, 15) is 4.79 Å². The smallest absolute Gasteiger partial charge is 0.323 e. The lowest BCUT2D eigenvalue weighted by Crippen LogP contribution is -2.23. The minimum absolute atomic E-state index is 0.0657. The number of thiazole rings is 1. The predicted molar refractivity (Wildman–Crippen MR) is 122 cm³/mol. The van der Waals surface area contributed by atoms with Crippen LogP contribution in [0.2, 0.25) is 0 Å². The number of amides is 2. The van der Waals surface area contributed by atoms with Gasteiger partial charge in [0.1, 0.15) is 0 Å². The molecule has 4 N–H and O–H groups in total. The minimum atomic E-state index is -0.305. The van der Waals surface area contributed by atoms with Gasteiger partial charge in [-0.2, -0.15) is 0 Å². The van der Waals surface area contributed by atoms with E-state index in [0.29, 0.717) is 5.13 Å². The van der Waals surface area contributed by atoms with Crippen LogP contribution in [-0.4, -0.2) is 11.0 Å². The Morgan fingerprint density at radius 1 is 1.07 bits per heavy atom. The highest BCUT2D eigenvalue weighted by Gasteiger charge is 2.19. The van der Waals surface area contributed by atoms with Crippen molar-refractivity contribution < 1.29 is 4.79 Å². The molecular weight excluding hydrogens is 380 g/mol. The van der Waals surface area contributed by atoms with Gasteiger partial charge < -0.3 is 11.1 Å². The molecule has 6 heteroatoms. The zero-order valence-electron chi connectivity index (χ0n) is 17.1. The minimum Gasteiger partial charge on any atom is -0.323 e. The number of benzene rings is 2. The molecule has 0 aliphatic rings. The average molecular weight is 409 g/mol. The molecule has 0 radical (unpaired) electrons. The molecule has 5 nitrogen and oxygen atoms in total. The molecular formula is C23H28N4OS. The third-order valence-corrected chi connectivity index (χ3v) is 5.47. The van der Waals surface area contributed by atoms with Crippen molar-refractivity contribution in [3.63, 3.8) is 0 Å². The van der Waals surface area contributed by atoms with E-state index in [2.05, 4.69) is 48.5 Å². The van der Waals surface area contributed by atoms with Crippen LogP contribution < -0.4 is 16.4 Å². The molecule has 1 atom stereocenters. The van der Waals surface area contributed by atoms with Crippen molar-refractivity contribution in [1.29, 1.82) is 0 Å². The summed E-state index contributed by atoms with van der Waals surface area (Å²) in [5.74, 6) is 0. The summed E-state index contributed by atoms with van der Waals surface area (Å²) in [6, 6.07) is 17.6. The highest BCUT2D eigenvalue weighted by atomic mass is 32.1. The van der Waals surface area contributed by atoms with E-state index < -0.39 is 0 Å². The first-order valence-electron chi connectivity index (χ1n) is 9.75. The molecule has 1 heterocycles. The summed E-state index contributed by atoms with van der Waals surface area (Å²) in [7, 11) is 0. The lowest BCUT2D eigenvalue weighted by Gasteiger charge is -2.22. The number of anilines is 2. The summed E-state index contributed by atoms with van der Waals surface area (Å²) in [5.41, 5.74) is 10.2. The van der Waals surface area contributed by atoms with Crippen LogP contribution in [0, 0.1) is 0 Å². The van der Waals surface area contributed by atoms with Gasteiger partial charge in [-0.05, 0) is 35.4 Å². The van der Waals surface area contributed by atoms with Crippen molar-refractivity contribution in [2.75, 3.05) is 10.6 Å². The Morgan fingerprint density at radius 3 is 2.48 bits per heavy atom. The number of urea groups is 1. The van der Waals surface area contributed by atoms with Crippen molar-refractivity contribution in [3.8, 4) is 0 Å². The molecule has 0 spiro atoms. The molecule has 2 amide bonds. The van der Waals surface area contributed by atoms with E-state index >= 15 is 0 Å². The monoisotopic (exact) mass is 408 g/mol. The molecule has 152 valence electrons. The van der Waals surface area contributed by atoms with Gasteiger partial charge in [0, 0.05) is 17.1 Å². The first-order chi connectivity index (χ1) is 13.8. The molecule has 1 unspecified atom stereocenters. The number of para-hydroxylation sites is 1.